The number of rotatable bonds is 5. The first-order chi connectivity index (χ1) is 6.22. The summed E-state index contributed by atoms with van der Waals surface area (Å²) >= 11 is 1.48. The standard InChI is InChI=1S/C8H14N2O2S/c1-6-4-12-8(10-6)13-5-7(9)2-3-11/h4,7,11H,2-3,5,9H2,1H3. The van der Waals surface area contributed by atoms with Gasteiger partial charge in [0.2, 0.25) is 0 Å². The molecule has 74 valence electrons. The van der Waals surface area contributed by atoms with Gasteiger partial charge in [-0.05, 0) is 13.3 Å². The molecule has 13 heavy (non-hydrogen) atoms. The van der Waals surface area contributed by atoms with Crippen LogP contribution in [-0.2, 0) is 0 Å². The van der Waals surface area contributed by atoms with Gasteiger partial charge >= 0.3 is 0 Å². The van der Waals surface area contributed by atoms with Crippen molar-refractivity contribution in [3.63, 3.8) is 0 Å². The number of oxazole rings is 1. The van der Waals surface area contributed by atoms with Crippen molar-refractivity contribution in [3.05, 3.63) is 12.0 Å². The number of thioether (sulfide) groups is 1. The topological polar surface area (TPSA) is 72.3 Å². The maximum atomic E-state index is 8.61. The Bertz CT molecular complexity index is 252. The number of aryl methyl sites for hydroxylation is 1. The molecule has 1 rings (SSSR count). The first-order valence-electron chi connectivity index (χ1n) is 4.13. The van der Waals surface area contributed by atoms with E-state index in [1.807, 2.05) is 6.92 Å². The van der Waals surface area contributed by atoms with Crippen LogP contribution in [0.25, 0.3) is 0 Å². The molecule has 1 unspecified atom stereocenters. The number of aliphatic hydroxyl groups excluding tert-OH is 1. The van der Waals surface area contributed by atoms with E-state index in [0.717, 1.165) is 11.4 Å². The van der Waals surface area contributed by atoms with E-state index in [4.69, 9.17) is 15.3 Å². The number of aliphatic hydroxyl groups is 1. The van der Waals surface area contributed by atoms with Crippen LogP contribution in [-0.4, -0.2) is 28.5 Å². The summed E-state index contributed by atoms with van der Waals surface area (Å²) in [6.45, 7) is 2.01. The monoisotopic (exact) mass is 202 g/mol. The number of hydrogen-bond acceptors (Lipinski definition) is 5. The lowest BCUT2D eigenvalue weighted by molar-refractivity contribution is 0.279. The zero-order valence-corrected chi connectivity index (χ0v) is 8.38. The van der Waals surface area contributed by atoms with E-state index >= 15 is 0 Å². The molecule has 0 radical (unpaired) electrons. The second kappa shape index (κ2) is 5.26. The van der Waals surface area contributed by atoms with Crippen molar-refractivity contribution < 1.29 is 9.52 Å². The summed E-state index contributed by atoms with van der Waals surface area (Å²) in [5, 5.41) is 9.25. The van der Waals surface area contributed by atoms with Gasteiger partial charge in [-0.1, -0.05) is 11.8 Å². The maximum Gasteiger partial charge on any atom is 0.255 e. The van der Waals surface area contributed by atoms with Crippen LogP contribution in [0.1, 0.15) is 12.1 Å². The summed E-state index contributed by atoms with van der Waals surface area (Å²) in [5.74, 6) is 0.723. The number of nitrogens with zero attached hydrogens (tertiary/aromatic N) is 1. The van der Waals surface area contributed by atoms with E-state index in [9.17, 15) is 0 Å². The minimum Gasteiger partial charge on any atom is -0.440 e. The molecule has 0 spiro atoms. The molecule has 0 fully saturated rings. The summed E-state index contributed by atoms with van der Waals surface area (Å²) in [6, 6.07) is 0.00204. The van der Waals surface area contributed by atoms with Crippen LogP contribution < -0.4 is 5.73 Å². The summed E-state index contributed by atoms with van der Waals surface area (Å²) in [5.41, 5.74) is 6.56. The van der Waals surface area contributed by atoms with Crippen molar-refractivity contribution in [1.82, 2.24) is 4.98 Å². The fourth-order valence-corrected chi connectivity index (χ4v) is 1.67. The van der Waals surface area contributed by atoms with Gasteiger partial charge in [0.1, 0.15) is 6.26 Å². The highest BCUT2D eigenvalue weighted by molar-refractivity contribution is 7.99. The highest BCUT2D eigenvalue weighted by Gasteiger charge is 2.06. The Hall–Kier alpha value is -0.520. The molecule has 0 amide bonds. The van der Waals surface area contributed by atoms with E-state index in [1.54, 1.807) is 6.26 Å². The number of aromatic nitrogens is 1. The van der Waals surface area contributed by atoms with Crippen LogP contribution in [0.15, 0.2) is 15.9 Å². The Kier molecular flexibility index (Phi) is 4.27. The Morgan fingerprint density at radius 3 is 3.08 bits per heavy atom. The largest absolute Gasteiger partial charge is 0.440 e. The van der Waals surface area contributed by atoms with E-state index < -0.39 is 0 Å². The average molecular weight is 202 g/mol. The smallest absolute Gasteiger partial charge is 0.255 e. The lowest BCUT2D eigenvalue weighted by Crippen LogP contribution is -2.23. The van der Waals surface area contributed by atoms with Crippen molar-refractivity contribution in [1.29, 1.82) is 0 Å². The highest BCUT2D eigenvalue weighted by Crippen LogP contribution is 2.17. The quantitative estimate of drug-likeness (QED) is 0.690. The predicted molar refractivity (Wildman–Crippen MR) is 51.6 cm³/mol. The van der Waals surface area contributed by atoms with Gasteiger partial charge in [0.05, 0.1) is 5.69 Å². The predicted octanol–water partition coefficient (Wildman–Crippen LogP) is 0.785. The van der Waals surface area contributed by atoms with Crippen molar-refractivity contribution in [3.8, 4) is 0 Å². The maximum absolute atomic E-state index is 8.61. The summed E-state index contributed by atoms with van der Waals surface area (Å²) in [7, 11) is 0. The molecule has 0 bridgehead atoms. The van der Waals surface area contributed by atoms with Crippen LogP contribution in [0.3, 0.4) is 0 Å². The fourth-order valence-electron chi connectivity index (χ4n) is 0.826. The molecule has 0 aliphatic carbocycles. The van der Waals surface area contributed by atoms with Crippen LogP contribution in [0.5, 0.6) is 0 Å². The van der Waals surface area contributed by atoms with E-state index in [1.165, 1.54) is 11.8 Å². The van der Waals surface area contributed by atoms with Gasteiger partial charge < -0.3 is 15.3 Å². The zero-order valence-electron chi connectivity index (χ0n) is 7.56. The van der Waals surface area contributed by atoms with Crippen molar-refractivity contribution in [2.45, 2.75) is 24.6 Å². The van der Waals surface area contributed by atoms with E-state index in [2.05, 4.69) is 4.98 Å². The number of hydrogen-bond donors (Lipinski definition) is 2. The molecule has 0 aliphatic rings. The molecule has 5 heteroatoms. The zero-order chi connectivity index (χ0) is 9.68. The van der Waals surface area contributed by atoms with Crippen molar-refractivity contribution >= 4 is 11.8 Å². The summed E-state index contributed by atoms with van der Waals surface area (Å²) in [6.07, 6.45) is 2.23. The molecule has 1 aromatic rings. The minimum absolute atomic E-state index is 0.00204. The van der Waals surface area contributed by atoms with Gasteiger partial charge in [-0.15, -0.1) is 0 Å². The van der Waals surface area contributed by atoms with Gasteiger partial charge in [0.15, 0.2) is 0 Å². The van der Waals surface area contributed by atoms with Crippen LogP contribution in [0.4, 0.5) is 0 Å². The Morgan fingerprint density at radius 1 is 1.77 bits per heavy atom. The molecular formula is C8H14N2O2S. The molecule has 4 nitrogen and oxygen atoms in total. The van der Waals surface area contributed by atoms with Gasteiger partial charge in [-0.3, -0.25) is 0 Å². The first kappa shape index (κ1) is 10.6. The molecule has 1 atom stereocenters. The Morgan fingerprint density at radius 2 is 2.54 bits per heavy atom. The highest BCUT2D eigenvalue weighted by atomic mass is 32.2. The van der Waals surface area contributed by atoms with Gasteiger partial charge in [-0.25, -0.2) is 4.98 Å². The van der Waals surface area contributed by atoms with E-state index in [-0.39, 0.29) is 12.6 Å². The SMILES string of the molecule is Cc1coc(SCC(N)CCO)n1. The average Bonchev–Trinajstić information content (AvgIpc) is 2.49. The normalized spacial score (nSPS) is 13.2. The summed E-state index contributed by atoms with van der Waals surface area (Å²) < 4.78 is 5.13. The minimum atomic E-state index is 0.00204. The van der Waals surface area contributed by atoms with E-state index in [0.29, 0.717) is 11.6 Å². The van der Waals surface area contributed by atoms with Gasteiger partial charge in [0.25, 0.3) is 5.22 Å². The van der Waals surface area contributed by atoms with Crippen molar-refractivity contribution in [2.24, 2.45) is 5.73 Å². The first-order valence-corrected chi connectivity index (χ1v) is 5.12. The molecule has 0 saturated carbocycles. The Labute approximate surface area is 81.5 Å². The lowest BCUT2D eigenvalue weighted by Gasteiger charge is -2.06. The van der Waals surface area contributed by atoms with Crippen LogP contribution >= 0.6 is 11.8 Å². The molecular weight excluding hydrogens is 188 g/mol. The molecule has 0 aliphatic heterocycles. The fraction of sp³-hybridized carbons (Fsp3) is 0.625. The molecule has 1 aromatic heterocycles. The molecule has 0 aromatic carbocycles. The summed E-state index contributed by atoms with van der Waals surface area (Å²) in [4.78, 5) is 4.12. The third kappa shape index (κ3) is 3.80. The van der Waals surface area contributed by atoms with Crippen LogP contribution in [0, 0.1) is 6.92 Å². The second-order valence-corrected chi connectivity index (χ2v) is 3.81. The third-order valence-electron chi connectivity index (χ3n) is 1.52. The van der Waals surface area contributed by atoms with Gasteiger partial charge in [-0.2, -0.15) is 0 Å². The van der Waals surface area contributed by atoms with Crippen LogP contribution in [0.2, 0.25) is 0 Å². The third-order valence-corrected chi connectivity index (χ3v) is 2.55. The van der Waals surface area contributed by atoms with Crippen molar-refractivity contribution in [2.75, 3.05) is 12.4 Å². The van der Waals surface area contributed by atoms with Gasteiger partial charge in [0, 0.05) is 18.4 Å². The molecule has 1 heterocycles. The molecule has 3 N–H and O–H groups in total. The Balaban J connectivity index is 2.26. The number of nitrogens with two attached hydrogens (primary N) is 1. The molecule has 0 saturated heterocycles. The lowest BCUT2D eigenvalue weighted by atomic mass is 10.3. The second-order valence-electron chi connectivity index (χ2n) is 2.84.